The highest BCUT2D eigenvalue weighted by Gasteiger charge is 2.47. The minimum atomic E-state index is -1.62. The molecule has 204 valence electrons. The normalized spacial score (nSPS) is 29.3. The van der Waals surface area contributed by atoms with E-state index in [4.69, 9.17) is 24.3 Å². The maximum atomic E-state index is 11.4. The van der Waals surface area contributed by atoms with E-state index in [-0.39, 0.29) is 0 Å². The molecule has 1 aliphatic carbocycles. The molecule has 0 bridgehead atoms. The van der Waals surface area contributed by atoms with E-state index >= 15 is 0 Å². The van der Waals surface area contributed by atoms with Crippen LogP contribution >= 0.6 is 0 Å². The summed E-state index contributed by atoms with van der Waals surface area (Å²) in [5.41, 5.74) is 3.95. The molecule has 2 aliphatic heterocycles. The summed E-state index contributed by atoms with van der Waals surface area (Å²) in [4.78, 5) is 18.8. The maximum absolute atomic E-state index is 11.4. The molecule has 5 atom stereocenters. The van der Waals surface area contributed by atoms with Crippen molar-refractivity contribution in [3.8, 4) is 5.88 Å². The number of nitrogens with zero attached hydrogens (tertiary/aromatic N) is 4. The first-order valence-corrected chi connectivity index (χ1v) is 13.4. The van der Waals surface area contributed by atoms with Crippen molar-refractivity contribution in [2.75, 3.05) is 19.6 Å². The van der Waals surface area contributed by atoms with Gasteiger partial charge in [0.2, 0.25) is 18.5 Å². The molecule has 0 spiro atoms. The van der Waals surface area contributed by atoms with Crippen LogP contribution in [0.5, 0.6) is 5.88 Å². The third-order valence-electron chi connectivity index (χ3n) is 7.83. The molecule has 2 aromatic heterocycles. The average Bonchev–Trinajstić information content (AvgIpc) is 3.22. The fourth-order valence-electron chi connectivity index (χ4n) is 5.95. The zero-order valence-electron chi connectivity index (χ0n) is 21.8. The SMILES string of the molecule is CCCN1CCC(c2nn(C)c3nc(O[C@H]4O[C@@H](OC(C)=O)[C@@H](O)[C@@H](O)[C@H]4O)c4c(c23)CCCC4)CC1. The van der Waals surface area contributed by atoms with Crippen LogP contribution in [0.25, 0.3) is 11.0 Å². The Hall–Kier alpha value is -2.31. The lowest BCUT2D eigenvalue weighted by Crippen LogP contribution is -2.60. The van der Waals surface area contributed by atoms with Crippen LogP contribution in [0, 0.1) is 0 Å². The van der Waals surface area contributed by atoms with Gasteiger partial charge in [0.25, 0.3) is 0 Å². The van der Waals surface area contributed by atoms with Crippen LogP contribution in [0.15, 0.2) is 0 Å². The summed E-state index contributed by atoms with van der Waals surface area (Å²) in [5.74, 6) is -0.00370. The van der Waals surface area contributed by atoms with Gasteiger partial charge in [0.15, 0.2) is 5.65 Å². The number of hydrogen-bond donors (Lipinski definition) is 3. The molecule has 3 aliphatic rings. The lowest BCUT2D eigenvalue weighted by molar-refractivity contribution is -0.324. The van der Waals surface area contributed by atoms with E-state index in [0.29, 0.717) is 17.4 Å². The number of esters is 1. The number of ether oxygens (including phenoxy) is 3. The molecule has 5 rings (SSSR count). The fourth-order valence-corrected chi connectivity index (χ4v) is 5.95. The number of aliphatic hydroxyl groups is 3. The van der Waals surface area contributed by atoms with Crippen LogP contribution in [0.2, 0.25) is 0 Å². The fraction of sp³-hybridized carbons (Fsp3) is 0.731. The summed E-state index contributed by atoms with van der Waals surface area (Å²) in [7, 11) is 1.88. The number of pyridine rings is 1. The van der Waals surface area contributed by atoms with Gasteiger partial charge in [-0.3, -0.25) is 14.2 Å². The summed E-state index contributed by atoms with van der Waals surface area (Å²) in [6.07, 6.45) is -0.667. The van der Waals surface area contributed by atoms with E-state index in [1.807, 2.05) is 7.05 Å². The van der Waals surface area contributed by atoms with E-state index < -0.39 is 36.9 Å². The standard InChI is InChI=1S/C26H38N4O7/c1-4-11-30-12-9-15(10-13-30)19-18-16-7-5-6-8-17(16)24(27-23(18)29(3)28-19)36-26-22(34)20(32)21(33)25(37-26)35-14(2)31/h15,20-22,25-26,32-34H,4-13H2,1-3H3/t20-,21+,22-,25-,26+/m1/s1. The minimum absolute atomic E-state index is 0.309. The average molecular weight is 519 g/mol. The summed E-state index contributed by atoms with van der Waals surface area (Å²) in [6.45, 7) is 6.66. The molecule has 0 unspecified atom stereocenters. The lowest BCUT2D eigenvalue weighted by atomic mass is 9.86. The molecule has 37 heavy (non-hydrogen) atoms. The second kappa shape index (κ2) is 10.8. The zero-order valence-corrected chi connectivity index (χ0v) is 21.8. The molecular weight excluding hydrogens is 480 g/mol. The first-order valence-electron chi connectivity index (χ1n) is 13.4. The third kappa shape index (κ3) is 5.07. The number of aromatic nitrogens is 3. The van der Waals surface area contributed by atoms with Crippen LogP contribution in [-0.2, 0) is 34.2 Å². The van der Waals surface area contributed by atoms with Gasteiger partial charge in [-0.05, 0) is 70.1 Å². The number of piperidine rings is 1. The lowest BCUT2D eigenvalue weighted by Gasteiger charge is -2.39. The third-order valence-corrected chi connectivity index (χ3v) is 7.83. The van der Waals surface area contributed by atoms with Crippen molar-refractivity contribution in [3.63, 3.8) is 0 Å². The van der Waals surface area contributed by atoms with Gasteiger partial charge in [0, 0.05) is 30.8 Å². The Morgan fingerprint density at radius 1 is 1.05 bits per heavy atom. The molecule has 3 N–H and O–H groups in total. The van der Waals surface area contributed by atoms with Crippen LogP contribution in [0.1, 0.15) is 68.7 Å². The molecule has 11 nitrogen and oxygen atoms in total. The highest BCUT2D eigenvalue weighted by Crippen LogP contribution is 2.40. The maximum Gasteiger partial charge on any atom is 0.305 e. The molecule has 2 aromatic rings. The number of rotatable bonds is 6. The van der Waals surface area contributed by atoms with Gasteiger partial charge in [-0.25, -0.2) is 0 Å². The zero-order chi connectivity index (χ0) is 26.3. The molecule has 2 fully saturated rings. The largest absolute Gasteiger partial charge is 0.444 e. The van der Waals surface area contributed by atoms with Gasteiger partial charge < -0.3 is 29.7 Å². The van der Waals surface area contributed by atoms with Crippen LogP contribution in [0.3, 0.4) is 0 Å². The van der Waals surface area contributed by atoms with Gasteiger partial charge in [-0.1, -0.05) is 6.92 Å². The first-order chi connectivity index (χ1) is 17.8. The predicted octanol–water partition coefficient (Wildman–Crippen LogP) is 1.14. The van der Waals surface area contributed by atoms with Gasteiger partial charge in [0.1, 0.15) is 18.3 Å². The molecule has 0 amide bonds. The number of fused-ring (bicyclic) bond motifs is 3. The van der Waals surface area contributed by atoms with Crippen molar-refractivity contribution in [1.29, 1.82) is 0 Å². The Labute approximate surface area is 216 Å². The van der Waals surface area contributed by atoms with Crippen molar-refractivity contribution < 1.29 is 34.3 Å². The first kappa shape index (κ1) is 26.3. The number of aliphatic hydroxyl groups excluding tert-OH is 3. The van der Waals surface area contributed by atoms with Gasteiger partial charge >= 0.3 is 5.97 Å². The predicted molar refractivity (Wildman–Crippen MR) is 133 cm³/mol. The number of hydrogen-bond acceptors (Lipinski definition) is 10. The van der Waals surface area contributed by atoms with Crippen molar-refractivity contribution >= 4 is 17.0 Å². The van der Waals surface area contributed by atoms with Crippen LogP contribution in [-0.4, -0.2) is 91.5 Å². The van der Waals surface area contributed by atoms with E-state index in [0.717, 1.165) is 81.2 Å². The van der Waals surface area contributed by atoms with Gasteiger partial charge in [-0.2, -0.15) is 10.1 Å². The van der Waals surface area contributed by atoms with Crippen molar-refractivity contribution in [1.82, 2.24) is 19.7 Å². The summed E-state index contributed by atoms with van der Waals surface area (Å²) >= 11 is 0. The Morgan fingerprint density at radius 3 is 2.41 bits per heavy atom. The number of carbonyl (C=O) groups is 1. The number of carbonyl (C=O) groups excluding carboxylic acids is 1. The smallest absolute Gasteiger partial charge is 0.305 e. The molecule has 0 saturated carbocycles. The molecule has 4 heterocycles. The van der Waals surface area contributed by atoms with E-state index in [2.05, 4.69) is 11.8 Å². The Kier molecular flexibility index (Phi) is 7.69. The number of aryl methyl sites for hydroxylation is 2. The summed E-state index contributed by atoms with van der Waals surface area (Å²) < 4.78 is 18.4. The topological polar surface area (TPSA) is 139 Å². The minimum Gasteiger partial charge on any atom is -0.444 e. The highest BCUT2D eigenvalue weighted by atomic mass is 16.8. The Balaban J connectivity index is 1.47. The quantitative estimate of drug-likeness (QED) is 0.477. The molecule has 0 aromatic carbocycles. The Morgan fingerprint density at radius 2 is 1.73 bits per heavy atom. The van der Waals surface area contributed by atoms with Crippen LogP contribution in [0.4, 0.5) is 0 Å². The monoisotopic (exact) mass is 518 g/mol. The summed E-state index contributed by atoms with van der Waals surface area (Å²) in [6, 6.07) is 0. The second-order valence-corrected chi connectivity index (χ2v) is 10.5. The molecule has 0 radical (unpaired) electrons. The van der Waals surface area contributed by atoms with E-state index in [1.54, 1.807) is 4.68 Å². The van der Waals surface area contributed by atoms with Crippen molar-refractivity contribution in [2.45, 2.75) is 95.6 Å². The van der Waals surface area contributed by atoms with Gasteiger partial charge in [0.05, 0.1) is 5.69 Å². The van der Waals surface area contributed by atoms with Crippen molar-refractivity contribution in [2.24, 2.45) is 7.05 Å². The van der Waals surface area contributed by atoms with Gasteiger partial charge in [-0.15, -0.1) is 0 Å². The number of likely N-dealkylation sites (tertiary alicyclic amines) is 1. The Bertz CT molecular complexity index is 1130. The molecule has 2 saturated heterocycles. The van der Waals surface area contributed by atoms with Crippen LogP contribution < -0.4 is 4.74 Å². The summed E-state index contributed by atoms with van der Waals surface area (Å²) in [5, 5.41) is 37.1. The second-order valence-electron chi connectivity index (χ2n) is 10.5. The molecular formula is C26H38N4O7. The molecule has 11 heteroatoms. The van der Waals surface area contributed by atoms with Crippen molar-refractivity contribution in [3.05, 3.63) is 16.8 Å². The van der Waals surface area contributed by atoms with E-state index in [1.165, 1.54) is 12.5 Å². The van der Waals surface area contributed by atoms with E-state index in [9.17, 15) is 20.1 Å². The highest BCUT2D eigenvalue weighted by molar-refractivity contribution is 5.85.